The minimum absolute atomic E-state index is 0.649. The minimum Gasteiger partial charge on any atom is -0.377 e. The molecule has 0 saturated heterocycles. The Balaban J connectivity index is 2.27. The summed E-state index contributed by atoms with van der Waals surface area (Å²) in [4.78, 5) is 5.63. The molecule has 96 valence electrons. The molecule has 0 aliphatic heterocycles. The Morgan fingerprint density at radius 2 is 2.06 bits per heavy atom. The number of ether oxygens (including phenoxy) is 1. The molecule has 0 bridgehead atoms. The van der Waals surface area contributed by atoms with E-state index in [0.717, 1.165) is 25.2 Å². The van der Waals surface area contributed by atoms with Crippen LogP contribution in [0.2, 0.25) is 0 Å². The predicted octanol–water partition coefficient (Wildman–Crippen LogP) is 2.52. The summed E-state index contributed by atoms with van der Waals surface area (Å²) in [6.07, 6.45) is 8.83. The molecule has 1 rings (SSSR count). The summed E-state index contributed by atoms with van der Waals surface area (Å²) in [7, 11) is 0. The van der Waals surface area contributed by atoms with Gasteiger partial charge in [0, 0.05) is 23.0 Å². The summed E-state index contributed by atoms with van der Waals surface area (Å²) in [5, 5.41) is 0. The van der Waals surface area contributed by atoms with Gasteiger partial charge in [-0.05, 0) is 25.8 Å². The summed E-state index contributed by atoms with van der Waals surface area (Å²) in [6.45, 7) is 6.39. The standard InChI is InChI=1S/C14H24NO2/c1-3-5-6-7-11-17-15-10-8-9-14(12-15)13-16-4-2/h8-10,12H,3-7,11,13H2,1-2H3/q+1. The van der Waals surface area contributed by atoms with E-state index in [1.165, 1.54) is 19.3 Å². The number of aromatic nitrogens is 1. The maximum absolute atomic E-state index is 5.63. The van der Waals surface area contributed by atoms with Gasteiger partial charge in [-0.25, -0.2) is 0 Å². The first kappa shape index (κ1) is 14.0. The van der Waals surface area contributed by atoms with Crippen LogP contribution in [0.4, 0.5) is 0 Å². The fourth-order valence-corrected chi connectivity index (χ4v) is 1.59. The van der Waals surface area contributed by atoms with Crippen LogP contribution in [0.15, 0.2) is 24.5 Å². The third-order valence-corrected chi connectivity index (χ3v) is 2.55. The lowest BCUT2D eigenvalue weighted by Crippen LogP contribution is -2.42. The third-order valence-electron chi connectivity index (χ3n) is 2.55. The second-order valence-corrected chi connectivity index (χ2v) is 4.10. The molecule has 0 amide bonds. The van der Waals surface area contributed by atoms with Crippen molar-refractivity contribution in [3.8, 4) is 0 Å². The summed E-state index contributed by atoms with van der Waals surface area (Å²) in [6, 6.07) is 4.03. The van der Waals surface area contributed by atoms with E-state index in [2.05, 4.69) is 6.92 Å². The lowest BCUT2D eigenvalue weighted by molar-refractivity contribution is -0.891. The van der Waals surface area contributed by atoms with Gasteiger partial charge in [0.1, 0.15) is 0 Å². The Morgan fingerprint density at radius 3 is 2.82 bits per heavy atom. The van der Waals surface area contributed by atoms with Crippen molar-refractivity contribution in [3.63, 3.8) is 0 Å². The van der Waals surface area contributed by atoms with Crippen LogP contribution in [0.25, 0.3) is 0 Å². The molecule has 0 N–H and O–H groups in total. The van der Waals surface area contributed by atoms with Gasteiger partial charge in [0.2, 0.25) is 12.4 Å². The van der Waals surface area contributed by atoms with E-state index < -0.39 is 0 Å². The molecule has 0 saturated carbocycles. The van der Waals surface area contributed by atoms with E-state index in [1.54, 1.807) is 4.73 Å². The Kier molecular flexibility index (Phi) is 7.39. The van der Waals surface area contributed by atoms with Crippen LogP contribution in [0, 0.1) is 0 Å². The summed E-state index contributed by atoms with van der Waals surface area (Å²) < 4.78 is 7.14. The van der Waals surface area contributed by atoms with Crippen molar-refractivity contribution >= 4 is 0 Å². The molecule has 0 spiro atoms. The van der Waals surface area contributed by atoms with Crippen molar-refractivity contribution in [2.45, 2.75) is 46.1 Å². The molecule has 3 nitrogen and oxygen atoms in total. The minimum atomic E-state index is 0.649. The molecule has 1 heterocycles. The number of unbranched alkanes of at least 4 members (excludes halogenated alkanes) is 3. The maximum Gasteiger partial charge on any atom is 0.227 e. The Morgan fingerprint density at radius 1 is 1.18 bits per heavy atom. The van der Waals surface area contributed by atoms with Crippen LogP contribution in [0.5, 0.6) is 0 Å². The van der Waals surface area contributed by atoms with Crippen LogP contribution < -0.4 is 9.57 Å². The van der Waals surface area contributed by atoms with Crippen molar-refractivity contribution < 1.29 is 14.3 Å². The molecule has 17 heavy (non-hydrogen) atoms. The highest BCUT2D eigenvalue weighted by atomic mass is 16.7. The average Bonchev–Trinajstić information content (AvgIpc) is 2.37. The molecular weight excluding hydrogens is 214 g/mol. The van der Waals surface area contributed by atoms with E-state index in [4.69, 9.17) is 9.57 Å². The topological polar surface area (TPSA) is 22.3 Å². The number of hydrogen-bond acceptors (Lipinski definition) is 2. The normalized spacial score (nSPS) is 10.5. The second-order valence-electron chi connectivity index (χ2n) is 4.10. The molecule has 3 heteroatoms. The number of pyridine rings is 1. The first-order valence-electron chi connectivity index (χ1n) is 6.58. The molecule has 1 aromatic heterocycles. The molecule has 0 fully saturated rings. The zero-order valence-electron chi connectivity index (χ0n) is 11.0. The van der Waals surface area contributed by atoms with Crippen LogP contribution in [-0.2, 0) is 11.3 Å². The van der Waals surface area contributed by atoms with Crippen molar-refractivity contribution in [2.75, 3.05) is 13.2 Å². The highest BCUT2D eigenvalue weighted by Crippen LogP contribution is 1.98. The van der Waals surface area contributed by atoms with Crippen LogP contribution in [0.3, 0.4) is 0 Å². The summed E-state index contributed by atoms with van der Waals surface area (Å²) in [5.41, 5.74) is 1.14. The molecule has 1 aromatic rings. The van der Waals surface area contributed by atoms with E-state index in [0.29, 0.717) is 6.61 Å². The van der Waals surface area contributed by atoms with Crippen molar-refractivity contribution in [3.05, 3.63) is 30.1 Å². The maximum atomic E-state index is 5.63. The first-order chi connectivity index (χ1) is 8.36. The van der Waals surface area contributed by atoms with E-state index in [1.807, 2.05) is 31.5 Å². The van der Waals surface area contributed by atoms with Gasteiger partial charge in [-0.2, -0.15) is 0 Å². The van der Waals surface area contributed by atoms with Gasteiger partial charge in [0.05, 0.1) is 6.61 Å². The molecule has 0 unspecified atom stereocenters. The van der Waals surface area contributed by atoms with Gasteiger partial charge in [-0.15, -0.1) is 0 Å². The number of hydrogen-bond donors (Lipinski definition) is 0. The van der Waals surface area contributed by atoms with Gasteiger partial charge in [-0.3, -0.25) is 4.84 Å². The van der Waals surface area contributed by atoms with Crippen LogP contribution in [-0.4, -0.2) is 13.2 Å². The summed E-state index contributed by atoms with van der Waals surface area (Å²) >= 11 is 0. The van der Waals surface area contributed by atoms with Crippen molar-refractivity contribution in [2.24, 2.45) is 0 Å². The lowest BCUT2D eigenvalue weighted by Gasteiger charge is -2.01. The van der Waals surface area contributed by atoms with Gasteiger partial charge >= 0.3 is 0 Å². The van der Waals surface area contributed by atoms with Gasteiger partial charge < -0.3 is 4.74 Å². The molecule has 0 aromatic carbocycles. The fourth-order valence-electron chi connectivity index (χ4n) is 1.59. The molecule has 0 atom stereocenters. The highest BCUT2D eigenvalue weighted by molar-refractivity contribution is 5.03. The first-order valence-corrected chi connectivity index (χ1v) is 6.58. The van der Waals surface area contributed by atoms with Gasteiger partial charge in [-0.1, -0.05) is 19.8 Å². The van der Waals surface area contributed by atoms with E-state index in [-0.39, 0.29) is 0 Å². The van der Waals surface area contributed by atoms with Crippen molar-refractivity contribution in [1.29, 1.82) is 0 Å². The zero-order chi connectivity index (χ0) is 12.3. The van der Waals surface area contributed by atoms with Crippen LogP contribution >= 0.6 is 0 Å². The number of nitrogens with zero attached hydrogens (tertiary/aromatic N) is 1. The highest BCUT2D eigenvalue weighted by Gasteiger charge is 2.03. The number of rotatable bonds is 9. The van der Waals surface area contributed by atoms with Gasteiger partial charge in [0.15, 0.2) is 6.61 Å². The quantitative estimate of drug-likeness (QED) is 0.487. The third kappa shape index (κ3) is 6.27. The fraction of sp³-hybridized carbons (Fsp3) is 0.643. The van der Waals surface area contributed by atoms with Gasteiger partial charge in [0.25, 0.3) is 0 Å². The zero-order valence-corrected chi connectivity index (χ0v) is 11.0. The molecular formula is C14H24NO2+. The summed E-state index contributed by atoms with van der Waals surface area (Å²) in [5.74, 6) is 0. The van der Waals surface area contributed by atoms with Crippen LogP contribution in [0.1, 0.15) is 45.1 Å². The monoisotopic (exact) mass is 238 g/mol. The lowest BCUT2D eigenvalue weighted by atomic mass is 10.2. The predicted molar refractivity (Wildman–Crippen MR) is 67.6 cm³/mol. The Hall–Kier alpha value is -1.09. The Labute approximate surface area is 104 Å². The molecule has 0 aliphatic carbocycles. The second kappa shape index (κ2) is 8.99. The molecule has 0 radical (unpaired) electrons. The largest absolute Gasteiger partial charge is 0.377 e. The van der Waals surface area contributed by atoms with E-state index in [9.17, 15) is 0 Å². The average molecular weight is 238 g/mol. The SMILES string of the molecule is CCCCCCO[n+]1cccc(COCC)c1. The Bertz CT molecular complexity index is 302. The smallest absolute Gasteiger partial charge is 0.227 e. The van der Waals surface area contributed by atoms with E-state index >= 15 is 0 Å². The molecule has 0 aliphatic rings. The van der Waals surface area contributed by atoms with Crippen molar-refractivity contribution in [1.82, 2.24) is 0 Å².